The van der Waals surface area contributed by atoms with Gasteiger partial charge in [0.2, 0.25) is 10.0 Å². The highest BCUT2D eigenvalue weighted by molar-refractivity contribution is 7.89. The zero-order valence-corrected chi connectivity index (χ0v) is 20.0. The predicted molar refractivity (Wildman–Crippen MR) is 128 cm³/mol. The molecule has 2 aromatic carbocycles. The Morgan fingerprint density at radius 1 is 1.12 bits per heavy atom. The van der Waals surface area contributed by atoms with Crippen LogP contribution in [0.4, 0.5) is 11.4 Å². The van der Waals surface area contributed by atoms with E-state index in [2.05, 4.69) is 16.3 Å². The summed E-state index contributed by atoms with van der Waals surface area (Å²) in [6.07, 6.45) is 1.66. The Bertz CT molecular complexity index is 1110. The standard InChI is InChI=1S/C23H30N4O6S/c1-32-21-4-2-3-18(15-21)17-25-9-7-19(8-10-25)24-22-6-5-20(27(28)29)16-23(22)34(30,31)26-11-13-33-14-12-26/h2-6,15-16,19,24H,7-14,17H2,1H3. The van der Waals surface area contributed by atoms with Crippen LogP contribution in [0, 0.1) is 10.1 Å². The maximum Gasteiger partial charge on any atom is 0.270 e. The molecule has 2 fully saturated rings. The zero-order valence-electron chi connectivity index (χ0n) is 19.2. The number of hydrogen-bond acceptors (Lipinski definition) is 8. The van der Waals surface area contributed by atoms with E-state index in [-0.39, 0.29) is 29.7 Å². The summed E-state index contributed by atoms with van der Waals surface area (Å²) in [7, 11) is -2.24. The Hall–Kier alpha value is -2.73. The lowest BCUT2D eigenvalue weighted by atomic mass is 10.0. The number of sulfonamides is 1. The molecule has 0 aliphatic carbocycles. The third-order valence-corrected chi connectivity index (χ3v) is 8.19. The predicted octanol–water partition coefficient (Wildman–Crippen LogP) is 2.70. The van der Waals surface area contributed by atoms with E-state index < -0.39 is 14.9 Å². The van der Waals surface area contributed by atoms with Crippen molar-refractivity contribution in [3.05, 3.63) is 58.1 Å². The maximum absolute atomic E-state index is 13.3. The summed E-state index contributed by atoms with van der Waals surface area (Å²) < 4.78 is 38.5. The van der Waals surface area contributed by atoms with Crippen LogP contribution in [0.1, 0.15) is 18.4 Å². The SMILES string of the molecule is COc1cccc(CN2CCC(Nc3ccc([N+](=O)[O-])cc3S(=O)(=O)N3CCOCC3)CC2)c1. The van der Waals surface area contributed by atoms with Gasteiger partial charge in [-0.1, -0.05) is 12.1 Å². The molecule has 184 valence electrons. The number of nitrogens with zero attached hydrogens (tertiary/aromatic N) is 3. The van der Waals surface area contributed by atoms with E-state index in [1.807, 2.05) is 18.2 Å². The fourth-order valence-corrected chi connectivity index (χ4v) is 5.95. The molecule has 34 heavy (non-hydrogen) atoms. The molecule has 0 radical (unpaired) electrons. The summed E-state index contributed by atoms with van der Waals surface area (Å²) >= 11 is 0. The van der Waals surface area contributed by atoms with Crippen molar-refractivity contribution in [3.63, 3.8) is 0 Å². The molecule has 2 aliphatic rings. The van der Waals surface area contributed by atoms with Gasteiger partial charge >= 0.3 is 0 Å². The van der Waals surface area contributed by atoms with E-state index in [0.717, 1.165) is 44.3 Å². The second kappa shape index (κ2) is 10.7. The number of anilines is 1. The molecule has 0 atom stereocenters. The molecule has 0 unspecified atom stereocenters. The maximum atomic E-state index is 13.3. The van der Waals surface area contributed by atoms with Gasteiger partial charge in [-0.2, -0.15) is 4.31 Å². The molecular formula is C23H30N4O6S. The van der Waals surface area contributed by atoms with Gasteiger partial charge in [0, 0.05) is 50.9 Å². The minimum Gasteiger partial charge on any atom is -0.497 e. The van der Waals surface area contributed by atoms with Crippen LogP contribution in [0.15, 0.2) is 47.4 Å². The lowest BCUT2D eigenvalue weighted by Gasteiger charge is -2.33. The Morgan fingerprint density at radius 2 is 1.85 bits per heavy atom. The number of ether oxygens (including phenoxy) is 2. The molecule has 0 bridgehead atoms. The summed E-state index contributed by atoms with van der Waals surface area (Å²) in [5.74, 6) is 0.834. The van der Waals surface area contributed by atoms with Gasteiger partial charge in [-0.25, -0.2) is 8.42 Å². The van der Waals surface area contributed by atoms with Crippen molar-refractivity contribution in [2.24, 2.45) is 0 Å². The molecule has 2 heterocycles. The van der Waals surface area contributed by atoms with E-state index in [0.29, 0.717) is 18.9 Å². The summed E-state index contributed by atoms with van der Waals surface area (Å²) in [5, 5.41) is 14.7. The number of hydrogen-bond donors (Lipinski definition) is 1. The Morgan fingerprint density at radius 3 is 2.53 bits per heavy atom. The van der Waals surface area contributed by atoms with Crippen molar-refractivity contribution in [1.29, 1.82) is 0 Å². The average molecular weight is 491 g/mol. The van der Waals surface area contributed by atoms with E-state index in [1.54, 1.807) is 7.11 Å². The molecule has 4 rings (SSSR count). The molecule has 2 aromatic rings. The average Bonchev–Trinajstić information content (AvgIpc) is 2.86. The number of nitro benzene ring substituents is 1. The number of piperidine rings is 1. The Kier molecular flexibility index (Phi) is 7.67. The third-order valence-electron chi connectivity index (χ3n) is 6.25. The highest BCUT2D eigenvalue weighted by Gasteiger charge is 2.31. The molecule has 0 amide bonds. The van der Waals surface area contributed by atoms with Crippen LogP contribution in [0.5, 0.6) is 5.75 Å². The van der Waals surface area contributed by atoms with Crippen molar-refractivity contribution < 1.29 is 22.8 Å². The highest BCUT2D eigenvalue weighted by atomic mass is 32.2. The van der Waals surface area contributed by atoms with E-state index in [1.165, 1.54) is 22.0 Å². The molecule has 2 saturated heterocycles. The van der Waals surface area contributed by atoms with Crippen LogP contribution in [0.3, 0.4) is 0 Å². The summed E-state index contributed by atoms with van der Waals surface area (Å²) in [6, 6.07) is 12.1. The van der Waals surface area contributed by atoms with E-state index in [4.69, 9.17) is 9.47 Å². The monoisotopic (exact) mass is 490 g/mol. The van der Waals surface area contributed by atoms with Gasteiger partial charge < -0.3 is 14.8 Å². The zero-order chi connectivity index (χ0) is 24.1. The first-order valence-electron chi connectivity index (χ1n) is 11.3. The van der Waals surface area contributed by atoms with Gasteiger partial charge in [-0.15, -0.1) is 0 Å². The number of likely N-dealkylation sites (tertiary alicyclic amines) is 1. The van der Waals surface area contributed by atoms with Gasteiger partial charge in [-0.3, -0.25) is 15.0 Å². The molecule has 11 heteroatoms. The normalized spacial score (nSPS) is 18.5. The van der Waals surface area contributed by atoms with Crippen molar-refractivity contribution in [2.75, 3.05) is 51.8 Å². The Labute approximate surface area is 199 Å². The van der Waals surface area contributed by atoms with Gasteiger partial charge in [0.05, 0.1) is 30.9 Å². The van der Waals surface area contributed by atoms with Crippen molar-refractivity contribution in [2.45, 2.75) is 30.3 Å². The van der Waals surface area contributed by atoms with E-state index in [9.17, 15) is 18.5 Å². The van der Waals surface area contributed by atoms with Gasteiger partial charge in [-0.05, 0) is 36.6 Å². The van der Waals surface area contributed by atoms with Crippen LogP contribution in [-0.2, 0) is 21.3 Å². The van der Waals surface area contributed by atoms with Crippen molar-refractivity contribution >= 4 is 21.4 Å². The molecular weight excluding hydrogens is 460 g/mol. The van der Waals surface area contributed by atoms with E-state index >= 15 is 0 Å². The second-order valence-corrected chi connectivity index (χ2v) is 10.4. The summed E-state index contributed by atoms with van der Waals surface area (Å²) in [5.41, 5.74) is 1.34. The van der Waals surface area contributed by atoms with Crippen LogP contribution in [-0.4, -0.2) is 75.1 Å². The number of non-ortho nitro benzene ring substituents is 1. The molecule has 0 spiro atoms. The second-order valence-electron chi connectivity index (χ2n) is 8.50. The first kappa shape index (κ1) is 24.4. The fraction of sp³-hybridized carbons (Fsp3) is 0.478. The van der Waals surface area contributed by atoms with Crippen LogP contribution < -0.4 is 10.1 Å². The molecule has 2 aliphatic heterocycles. The molecule has 0 saturated carbocycles. The lowest BCUT2D eigenvalue weighted by Crippen LogP contribution is -2.41. The van der Waals surface area contributed by atoms with Crippen molar-refractivity contribution in [3.8, 4) is 5.75 Å². The largest absolute Gasteiger partial charge is 0.497 e. The first-order valence-corrected chi connectivity index (χ1v) is 12.8. The van der Waals surface area contributed by atoms with Gasteiger partial charge in [0.25, 0.3) is 5.69 Å². The smallest absolute Gasteiger partial charge is 0.270 e. The number of nitro groups is 1. The summed E-state index contributed by atoms with van der Waals surface area (Å²) in [6.45, 7) is 3.60. The number of benzene rings is 2. The fourth-order valence-electron chi connectivity index (χ4n) is 4.37. The summed E-state index contributed by atoms with van der Waals surface area (Å²) in [4.78, 5) is 13.1. The molecule has 1 N–H and O–H groups in total. The van der Waals surface area contributed by atoms with Crippen LogP contribution in [0.25, 0.3) is 0 Å². The lowest BCUT2D eigenvalue weighted by molar-refractivity contribution is -0.385. The minimum absolute atomic E-state index is 0.0533. The number of methoxy groups -OCH3 is 1. The first-order chi connectivity index (χ1) is 16.4. The molecule has 0 aromatic heterocycles. The van der Waals surface area contributed by atoms with Crippen molar-refractivity contribution in [1.82, 2.24) is 9.21 Å². The number of morpholine rings is 1. The minimum atomic E-state index is -3.89. The topological polar surface area (TPSA) is 114 Å². The number of rotatable bonds is 8. The highest BCUT2D eigenvalue weighted by Crippen LogP contribution is 2.31. The van der Waals surface area contributed by atoms with Gasteiger partial charge in [0.1, 0.15) is 10.6 Å². The third kappa shape index (κ3) is 5.66. The van der Waals surface area contributed by atoms with Crippen LogP contribution >= 0.6 is 0 Å². The Balaban J connectivity index is 1.46. The van der Waals surface area contributed by atoms with Crippen LogP contribution in [0.2, 0.25) is 0 Å². The quantitative estimate of drug-likeness (QED) is 0.444. The number of nitrogens with one attached hydrogen (secondary N) is 1. The van der Waals surface area contributed by atoms with Gasteiger partial charge in [0.15, 0.2) is 0 Å². The molecule has 10 nitrogen and oxygen atoms in total.